The lowest BCUT2D eigenvalue weighted by Gasteiger charge is -2.11. The van der Waals surface area contributed by atoms with Crippen molar-refractivity contribution < 1.29 is 0 Å². The van der Waals surface area contributed by atoms with Crippen molar-refractivity contribution in [3.63, 3.8) is 0 Å². The van der Waals surface area contributed by atoms with Crippen molar-refractivity contribution in [2.24, 2.45) is 5.84 Å². The number of hydrogen-bond acceptors (Lipinski definition) is 9. The van der Waals surface area contributed by atoms with Crippen LogP contribution in [0.5, 0.6) is 0 Å². The molecular weight excluding hydrogens is 350 g/mol. The lowest BCUT2D eigenvalue weighted by molar-refractivity contribution is 1.09. The molecule has 4 rings (SSSR count). The molecule has 5 N–H and O–H groups in total. The molecule has 26 heavy (non-hydrogen) atoms. The summed E-state index contributed by atoms with van der Waals surface area (Å²) >= 11 is 1.64. The summed E-state index contributed by atoms with van der Waals surface area (Å²) in [5, 5.41) is 19.0. The van der Waals surface area contributed by atoms with Gasteiger partial charge in [-0.25, -0.2) is 20.8 Å². The fourth-order valence-corrected chi connectivity index (χ4v) is 3.35. The van der Waals surface area contributed by atoms with Gasteiger partial charge >= 0.3 is 0 Å². The van der Waals surface area contributed by atoms with E-state index in [-0.39, 0.29) is 0 Å². The Bertz CT molecular complexity index is 1060. The highest BCUT2D eigenvalue weighted by molar-refractivity contribution is 7.19. The van der Waals surface area contributed by atoms with Gasteiger partial charge in [-0.15, -0.1) is 11.3 Å². The van der Waals surface area contributed by atoms with Crippen molar-refractivity contribution in [3.05, 3.63) is 47.4 Å². The van der Waals surface area contributed by atoms with Crippen molar-refractivity contribution in [1.29, 1.82) is 5.26 Å². The summed E-state index contributed by atoms with van der Waals surface area (Å²) in [7, 11) is 0. The molecule has 9 nitrogen and oxygen atoms in total. The molecule has 0 atom stereocenters. The van der Waals surface area contributed by atoms with Crippen molar-refractivity contribution in [1.82, 2.24) is 25.1 Å². The fourth-order valence-electron chi connectivity index (χ4n) is 2.43. The SMILES string of the molecule is N#Cc1ccc(-c2cnc(NN)c(NCc3cc4[nH]ncc4s3)n2)cn1. The lowest BCUT2D eigenvalue weighted by atomic mass is 10.2. The van der Waals surface area contributed by atoms with Gasteiger partial charge < -0.3 is 10.7 Å². The Hall–Kier alpha value is -3.55. The smallest absolute Gasteiger partial charge is 0.183 e. The molecular formula is C16H13N9S. The Labute approximate surface area is 151 Å². The first-order chi connectivity index (χ1) is 12.8. The molecule has 4 aromatic rings. The predicted octanol–water partition coefficient (Wildman–Crippen LogP) is 2.25. The minimum atomic E-state index is 0.350. The second kappa shape index (κ2) is 6.75. The number of aromatic amines is 1. The molecule has 0 spiro atoms. The van der Waals surface area contributed by atoms with Crippen LogP contribution >= 0.6 is 11.3 Å². The van der Waals surface area contributed by atoms with Crippen LogP contribution in [0.25, 0.3) is 21.5 Å². The van der Waals surface area contributed by atoms with Crippen LogP contribution in [0.2, 0.25) is 0 Å². The number of thiophene rings is 1. The van der Waals surface area contributed by atoms with Crippen LogP contribution < -0.4 is 16.6 Å². The maximum Gasteiger partial charge on any atom is 0.183 e. The normalized spacial score (nSPS) is 10.6. The summed E-state index contributed by atoms with van der Waals surface area (Å²) in [6, 6.07) is 7.45. The number of anilines is 2. The van der Waals surface area contributed by atoms with E-state index in [0.717, 1.165) is 20.7 Å². The number of nitrogen functional groups attached to an aromatic ring is 1. The molecule has 10 heteroatoms. The van der Waals surface area contributed by atoms with E-state index in [1.807, 2.05) is 12.1 Å². The van der Waals surface area contributed by atoms with E-state index in [2.05, 4.69) is 35.9 Å². The topological polar surface area (TPSA) is 141 Å². The molecule has 4 aromatic heterocycles. The summed E-state index contributed by atoms with van der Waals surface area (Å²) in [5.74, 6) is 6.52. The first-order valence-electron chi connectivity index (χ1n) is 7.62. The molecule has 128 valence electrons. The van der Waals surface area contributed by atoms with E-state index < -0.39 is 0 Å². The van der Waals surface area contributed by atoms with Crippen molar-refractivity contribution >= 4 is 33.2 Å². The molecule has 0 saturated heterocycles. The summed E-state index contributed by atoms with van der Waals surface area (Å²) in [5.41, 5.74) is 5.29. The van der Waals surface area contributed by atoms with Gasteiger partial charge in [0.05, 0.1) is 34.8 Å². The predicted molar refractivity (Wildman–Crippen MR) is 99.1 cm³/mol. The average molecular weight is 363 g/mol. The number of hydrazine groups is 1. The second-order valence-electron chi connectivity index (χ2n) is 5.35. The van der Waals surface area contributed by atoms with E-state index in [1.165, 1.54) is 0 Å². The lowest BCUT2D eigenvalue weighted by Crippen LogP contribution is -2.13. The van der Waals surface area contributed by atoms with Gasteiger partial charge in [0.25, 0.3) is 0 Å². The number of nitrogens with one attached hydrogen (secondary N) is 3. The molecule has 0 aliphatic carbocycles. The minimum Gasteiger partial charge on any atom is -0.362 e. The van der Waals surface area contributed by atoms with Crippen LogP contribution in [0.3, 0.4) is 0 Å². The van der Waals surface area contributed by atoms with Crippen LogP contribution in [0.15, 0.2) is 36.8 Å². The Kier molecular flexibility index (Phi) is 4.14. The van der Waals surface area contributed by atoms with E-state index in [0.29, 0.717) is 29.6 Å². The van der Waals surface area contributed by atoms with Crippen LogP contribution in [0.1, 0.15) is 10.6 Å². The number of hydrogen-bond donors (Lipinski definition) is 4. The highest BCUT2D eigenvalue weighted by Gasteiger charge is 2.10. The van der Waals surface area contributed by atoms with Gasteiger partial charge in [-0.1, -0.05) is 0 Å². The number of nitrogens with zero attached hydrogens (tertiary/aromatic N) is 5. The largest absolute Gasteiger partial charge is 0.362 e. The molecule has 0 aliphatic heterocycles. The number of fused-ring (bicyclic) bond motifs is 1. The number of aromatic nitrogens is 5. The van der Waals surface area contributed by atoms with Gasteiger partial charge in [0.2, 0.25) is 0 Å². The zero-order chi connectivity index (χ0) is 17.9. The number of nitriles is 1. The maximum atomic E-state index is 8.85. The van der Waals surface area contributed by atoms with Crippen molar-refractivity contribution in [3.8, 4) is 17.3 Å². The average Bonchev–Trinajstić information content (AvgIpc) is 3.28. The number of nitrogens with two attached hydrogens (primary N) is 1. The Morgan fingerprint density at radius 3 is 2.85 bits per heavy atom. The van der Waals surface area contributed by atoms with E-state index >= 15 is 0 Å². The molecule has 0 saturated carbocycles. The highest BCUT2D eigenvalue weighted by Crippen LogP contribution is 2.26. The quantitative estimate of drug-likeness (QED) is 0.312. The molecule has 0 amide bonds. The van der Waals surface area contributed by atoms with Crippen LogP contribution in [-0.4, -0.2) is 25.1 Å². The van der Waals surface area contributed by atoms with Crippen LogP contribution in [0.4, 0.5) is 11.6 Å². The third kappa shape index (κ3) is 3.04. The fraction of sp³-hybridized carbons (Fsp3) is 0.0625. The molecule has 0 radical (unpaired) electrons. The number of rotatable bonds is 5. The number of pyridine rings is 1. The summed E-state index contributed by atoms with van der Waals surface area (Å²) in [6.45, 7) is 0.575. The summed E-state index contributed by atoms with van der Waals surface area (Å²) in [4.78, 5) is 14.1. The second-order valence-corrected chi connectivity index (χ2v) is 6.52. The Morgan fingerprint density at radius 1 is 1.19 bits per heavy atom. The van der Waals surface area contributed by atoms with Gasteiger partial charge in [-0.2, -0.15) is 10.4 Å². The van der Waals surface area contributed by atoms with Gasteiger partial charge in [0.15, 0.2) is 11.6 Å². The first-order valence-corrected chi connectivity index (χ1v) is 8.44. The zero-order valence-electron chi connectivity index (χ0n) is 13.4. The molecule has 0 aromatic carbocycles. The molecule has 4 heterocycles. The molecule has 0 bridgehead atoms. The van der Waals surface area contributed by atoms with Gasteiger partial charge in [-0.3, -0.25) is 5.10 Å². The number of H-pyrrole nitrogens is 1. The van der Waals surface area contributed by atoms with Crippen molar-refractivity contribution in [2.45, 2.75) is 6.54 Å². The standard InChI is InChI=1S/C16H13N9S/c17-4-10-2-1-9(5-19-10)13-7-21-16(24-18)15(23-13)20-6-11-3-12-14(26-11)8-22-25-12/h1-3,5,7-8H,6,18H2,(H,20,23)(H,21,24)(H,22,25). The first kappa shape index (κ1) is 15.9. The van der Waals surface area contributed by atoms with E-state index in [9.17, 15) is 0 Å². The highest BCUT2D eigenvalue weighted by atomic mass is 32.1. The molecule has 0 fully saturated rings. The van der Waals surface area contributed by atoms with Crippen molar-refractivity contribution in [2.75, 3.05) is 10.7 Å². The van der Waals surface area contributed by atoms with E-state index in [1.54, 1.807) is 42.1 Å². The third-order valence-electron chi connectivity index (χ3n) is 3.69. The third-order valence-corrected chi connectivity index (χ3v) is 4.76. The monoisotopic (exact) mass is 363 g/mol. The molecule has 0 aliphatic rings. The molecule has 0 unspecified atom stereocenters. The Morgan fingerprint density at radius 2 is 2.12 bits per heavy atom. The Balaban J connectivity index is 1.59. The zero-order valence-corrected chi connectivity index (χ0v) is 14.2. The van der Waals surface area contributed by atoms with Crippen LogP contribution in [0, 0.1) is 11.3 Å². The van der Waals surface area contributed by atoms with Gasteiger partial charge in [-0.05, 0) is 18.2 Å². The van der Waals surface area contributed by atoms with Gasteiger partial charge in [0, 0.05) is 16.6 Å². The van der Waals surface area contributed by atoms with E-state index in [4.69, 9.17) is 11.1 Å². The maximum absolute atomic E-state index is 8.85. The van der Waals surface area contributed by atoms with Gasteiger partial charge in [0.1, 0.15) is 11.8 Å². The summed E-state index contributed by atoms with van der Waals surface area (Å²) in [6.07, 6.45) is 4.99. The van der Waals surface area contributed by atoms with Crippen LogP contribution in [-0.2, 0) is 6.54 Å². The summed E-state index contributed by atoms with van der Waals surface area (Å²) < 4.78 is 1.10. The minimum absolute atomic E-state index is 0.350.